The number of rotatable bonds is 7. The molecule has 0 radical (unpaired) electrons. The molecule has 0 saturated heterocycles. The smallest absolute Gasteiger partial charge is 0.278 e. The van der Waals surface area contributed by atoms with Gasteiger partial charge in [-0.3, -0.25) is 14.2 Å². The van der Waals surface area contributed by atoms with Gasteiger partial charge in [-0.05, 0) is 17.7 Å². The number of thioether (sulfide) groups is 1. The normalized spacial score (nSPS) is 10.8. The maximum absolute atomic E-state index is 12.8. The number of nitrogens with zero attached hydrogens (tertiary/aromatic N) is 2. The van der Waals surface area contributed by atoms with Crippen molar-refractivity contribution in [3.05, 3.63) is 65.1 Å². The summed E-state index contributed by atoms with van der Waals surface area (Å²) in [6.45, 7) is 0. The maximum atomic E-state index is 12.8. The van der Waals surface area contributed by atoms with Gasteiger partial charge in [0.25, 0.3) is 5.56 Å². The summed E-state index contributed by atoms with van der Waals surface area (Å²) >= 11 is 1.19. The van der Waals surface area contributed by atoms with Gasteiger partial charge in [0.15, 0.2) is 5.16 Å². The van der Waals surface area contributed by atoms with E-state index in [9.17, 15) is 9.59 Å². The van der Waals surface area contributed by atoms with Gasteiger partial charge in [-0.1, -0.05) is 42.1 Å². The van der Waals surface area contributed by atoms with Gasteiger partial charge in [0.2, 0.25) is 5.91 Å². The molecule has 0 unspecified atom stereocenters. The number of hydrogen-bond donors (Lipinski definition) is 2. The average Bonchev–Trinajstić information content (AvgIpc) is 3.25. The number of carbonyl (C=O) groups excluding carboxylic acids is 1. The number of fused-ring (bicyclic) bond motifs is 1. The Bertz CT molecular complexity index is 1330. The molecule has 0 bridgehead atoms. The Morgan fingerprint density at radius 3 is 2.66 bits per heavy atom. The van der Waals surface area contributed by atoms with E-state index in [2.05, 4.69) is 15.3 Å². The first-order valence-electron chi connectivity index (χ1n) is 9.80. The van der Waals surface area contributed by atoms with Gasteiger partial charge in [-0.15, -0.1) is 0 Å². The summed E-state index contributed by atoms with van der Waals surface area (Å²) in [5.74, 6) is 0.936. The molecule has 0 atom stereocenters. The zero-order chi connectivity index (χ0) is 22.7. The summed E-state index contributed by atoms with van der Waals surface area (Å²) in [5.41, 5.74) is 3.11. The van der Waals surface area contributed by atoms with Crippen molar-refractivity contribution in [1.29, 1.82) is 0 Å². The van der Waals surface area contributed by atoms with Crippen LogP contribution in [0.3, 0.4) is 0 Å². The molecule has 0 spiro atoms. The molecule has 2 aromatic carbocycles. The summed E-state index contributed by atoms with van der Waals surface area (Å²) in [4.78, 5) is 33.1. The Kier molecular flexibility index (Phi) is 6.18. The van der Waals surface area contributed by atoms with Gasteiger partial charge in [-0.2, -0.15) is 0 Å². The summed E-state index contributed by atoms with van der Waals surface area (Å²) in [6.07, 6.45) is 1.78. The molecule has 4 rings (SSSR count). The van der Waals surface area contributed by atoms with E-state index in [0.29, 0.717) is 33.4 Å². The minimum absolute atomic E-state index is 0.0667. The number of amides is 1. The second kappa shape index (κ2) is 9.19. The first-order valence-corrected chi connectivity index (χ1v) is 10.8. The molecule has 9 heteroatoms. The predicted molar refractivity (Wildman–Crippen MR) is 126 cm³/mol. The monoisotopic (exact) mass is 450 g/mol. The molecule has 8 nitrogen and oxygen atoms in total. The molecule has 0 aliphatic heterocycles. The zero-order valence-electron chi connectivity index (χ0n) is 17.8. The van der Waals surface area contributed by atoms with Crippen LogP contribution in [0.4, 0.5) is 5.69 Å². The molecule has 2 N–H and O–H groups in total. The number of aromatic nitrogens is 3. The van der Waals surface area contributed by atoms with Gasteiger partial charge in [0.1, 0.15) is 22.5 Å². The van der Waals surface area contributed by atoms with Crippen molar-refractivity contribution in [3.8, 4) is 22.6 Å². The van der Waals surface area contributed by atoms with Crippen molar-refractivity contribution in [2.45, 2.75) is 5.16 Å². The quantitative estimate of drug-likeness (QED) is 0.329. The lowest BCUT2D eigenvalue weighted by Gasteiger charge is -2.12. The highest BCUT2D eigenvalue weighted by Crippen LogP contribution is 2.30. The fraction of sp³-hybridized carbons (Fsp3) is 0.174. The van der Waals surface area contributed by atoms with Crippen molar-refractivity contribution in [1.82, 2.24) is 14.5 Å². The Morgan fingerprint density at radius 1 is 1.16 bits per heavy atom. The average molecular weight is 451 g/mol. The number of carbonyl (C=O) groups is 1. The third kappa shape index (κ3) is 4.19. The highest BCUT2D eigenvalue weighted by atomic mass is 32.2. The van der Waals surface area contributed by atoms with E-state index in [0.717, 1.165) is 11.1 Å². The first kappa shape index (κ1) is 21.5. The van der Waals surface area contributed by atoms with Crippen molar-refractivity contribution in [2.75, 3.05) is 25.3 Å². The molecule has 164 valence electrons. The highest BCUT2D eigenvalue weighted by molar-refractivity contribution is 7.99. The minimum Gasteiger partial charge on any atom is -0.497 e. The van der Waals surface area contributed by atoms with E-state index >= 15 is 0 Å². The van der Waals surface area contributed by atoms with Crippen LogP contribution in [-0.2, 0) is 11.8 Å². The molecule has 32 heavy (non-hydrogen) atoms. The minimum atomic E-state index is -0.256. The third-order valence-corrected chi connectivity index (χ3v) is 5.99. The van der Waals surface area contributed by atoms with Crippen molar-refractivity contribution in [3.63, 3.8) is 0 Å². The van der Waals surface area contributed by atoms with E-state index in [1.807, 2.05) is 30.3 Å². The lowest BCUT2D eigenvalue weighted by Crippen LogP contribution is -2.21. The lowest BCUT2D eigenvalue weighted by atomic mass is 10.1. The van der Waals surface area contributed by atoms with Crippen LogP contribution in [0.15, 0.2) is 64.7 Å². The van der Waals surface area contributed by atoms with Crippen LogP contribution < -0.4 is 20.3 Å². The zero-order valence-corrected chi connectivity index (χ0v) is 18.7. The van der Waals surface area contributed by atoms with E-state index in [1.165, 1.54) is 23.4 Å². The molecule has 2 aromatic heterocycles. The molecule has 0 saturated carbocycles. The Balaban J connectivity index is 1.58. The molecule has 0 fully saturated rings. The summed E-state index contributed by atoms with van der Waals surface area (Å²) in [5, 5.41) is 3.27. The van der Waals surface area contributed by atoms with Crippen LogP contribution >= 0.6 is 11.8 Å². The molecular formula is C23H22N4O4S. The Morgan fingerprint density at radius 2 is 1.94 bits per heavy atom. The number of hydrogen-bond acceptors (Lipinski definition) is 6. The van der Waals surface area contributed by atoms with Crippen LogP contribution in [-0.4, -0.2) is 40.4 Å². The third-order valence-electron chi connectivity index (χ3n) is 4.96. The van der Waals surface area contributed by atoms with Gasteiger partial charge < -0.3 is 19.8 Å². The maximum Gasteiger partial charge on any atom is 0.278 e. The largest absolute Gasteiger partial charge is 0.497 e. The molecule has 2 heterocycles. The molecule has 1 amide bonds. The fourth-order valence-electron chi connectivity index (χ4n) is 3.32. The Labute approximate surface area is 188 Å². The second-order valence-electron chi connectivity index (χ2n) is 6.95. The molecular weight excluding hydrogens is 428 g/mol. The van der Waals surface area contributed by atoms with Crippen LogP contribution in [0.1, 0.15) is 0 Å². The van der Waals surface area contributed by atoms with Gasteiger partial charge in [0.05, 0.1) is 25.7 Å². The van der Waals surface area contributed by atoms with Crippen molar-refractivity contribution in [2.24, 2.45) is 7.05 Å². The van der Waals surface area contributed by atoms with E-state index in [4.69, 9.17) is 9.47 Å². The summed E-state index contributed by atoms with van der Waals surface area (Å²) < 4.78 is 12.0. The van der Waals surface area contributed by atoms with Crippen LogP contribution in [0.5, 0.6) is 11.5 Å². The number of ether oxygens (including phenoxy) is 2. The number of H-pyrrole nitrogens is 1. The van der Waals surface area contributed by atoms with E-state index in [-0.39, 0.29) is 17.2 Å². The topological polar surface area (TPSA) is 98.2 Å². The van der Waals surface area contributed by atoms with Gasteiger partial charge >= 0.3 is 0 Å². The summed E-state index contributed by atoms with van der Waals surface area (Å²) in [6, 6.07) is 14.9. The second-order valence-corrected chi connectivity index (χ2v) is 7.90. The van der Waals surface area contributed by atoms with Gasteiger partial charge in [0, 0.05) is 24.9 Å². The molecule has 0 aliphatic carbocycles. The molecule has 4 aromatic rings. The standard InChI is InChI=1S/C23H22N4O4S/c1-27-22(29)21-20(16(12-24-21)14-7-5-4-6-8-14)26-23(27)32-13-19(28)25-17-11-15(30-2)9-10-18(17)31-3/h4-12,24H,13H2,1-3H3,(H,25,28). The summed E-state index contributed by atoms with van der Waals surface area (Å²) in [7, 11) is 4.72. The number of aromatic amines is 1. The van der Waals surface area contributed by atoms with Crippen LogP contribution in [0.2, 0.25) is 0 Å². The fourth-order valence-corrected chi connectivity index (χ4v) is 4.08. The number of benzene rings is 2. The van der Waals surface area contributed by atoms with Crippen LogP contribution in [0.25, 0.3) is 22.2 Å². The lowest BCUT2D eigenvalue weighted by molar-refractivity contribution is -0.113. The Hall–Kier alpha value is -3.72. The highest BCUT2D eigenvalue weighted by Gasteiger charge is 2.16. The van der Waals surface area contributed by atoms with Crippen LogP contribution in [0, 0.1) is 0 Å². The van der Waals surface area contributed by atoms with E-state index < -0.39 is 0 Å². The SMILES string of the molecule is COc1ccc(OC)c(NC(=O)CSc2nc3c(-c4ccccc4)c[nH]c3c(=O)n2C)c1. The van der Waals surface area contributed by atoms with Crippen molar-refractivity contribution >= 4 is 34.4 Å². The number of methoxy groups -OCH3 is 2. The predicted octanol–water partition coefficient (Wildman–Crippen LogP) is 3.68. The number of anilines is 1. The van der Waals surface area contributed by atoms with Crippen molar-refractivity contribution < 1.29 is 14.3 Å². The first-order chi connectivity index (χ1) is 15.5. The molecule has 0 aliphatic rings. The number of nitrogens with one attached hydrogen (secondary N) is 2. The van der Waals surface area contributed by atoms with E-state index in [1.54, 1.807) is 38.6 Å². The van der Waals surface area contributed by atoms with Gasteiger partial charge in [-0.25, -0.2) is 4.98 Å².